The van der Waals surface area contributed by atoms with Gasteiger partial charge in [-0.15, -0.1) is 0 Å². The molecule has 6 heteroatoms. The lowest BCUT2D eigenvalue weighted by atomic mass is 10.0. The van der Waals surface area contributed by atoms with Crippen LogP contribution in [0.2, 0.25) is 0 Å². The second kappa shape index (κ2) is 13.8. The molecule has 0 spiro atoms. The topological polar surface area (TPSA) is 91.9 Å². The van der Waals surface area contributed by atoms with Crippen molar-refractivity contribution in [2.45, 2.75) is 39.5 Å². The maximum atomic E-state index is 13.0. The van der Waals surface area contributed by atoms with Gasteiger partial charge in [0, 0.05) is 17.8 Å². The van der Waals surface area contributed by atoms with Crippen molar-refractivity contribution in [2.75, 3.05) is 6.61 Å². The summed E-state index contributed by atoms with van der Waals surface area (Å²) in [6, 6.07) is 27.0. The van der Waals surface area contributed by atoms with Crippen LogP contribution in [0.3, 0.4) is 0 Å². The number of rotatable bonds is 11. The lowest BCUT2D eigenvalue weighted by Gasteiger charge is -2.10. The number of nitrogens with zero attached hydrogens (tertiary/aromatic N) is 2. The number of aliphatic imine (C=N–C) groups is 1. The third kappa shape index (κ3) is 7.36. The van der Waals surface area contributed by atoms with Gasteiger partial charge >= 0.3 is 5.97 Å². The molecule has 202 valence electrons. The molecule has 1 N–H and O–H groups in total. The molecule has 0 aliphatic carbocycles. The number of aromatic hydroxyl groups is 1. The van der Waals surface area contributed by atoms with Crippen LogP contribution in [0, 0.1) is 18.3 Å². The normalized spacial score (nSPS) is 10.8. The molecule has 0 saturated heterocycles. The van der Waals surface area contributed by atoms with E-state index in [0.717, 1.165) is 24.0 Å². The van der Waals surface area contributed by atoms with E-state index in [1.54, 1.807) is 60.8 Å². The molecule has 0 unspecified atom stereocenters. The summed E-state index contributed by atoms with van der Waals surface area (Å²) < 4.78 is 11.4. The first-order valence-electron chi connectivity index (χ1n) is 13.4. The van der Waals surface area contributed by atoms with Gasteiger partial charge in [0.2, 0.25) is 0 Å². The number of hydrogen-bond donors (Lipinski definition) is 1. The van der Waals surface area contributed by atoms with Crippen molar-refractivity contribution < 1.29 is 19.4 Å². The summed E-state index contributed by atoms with van der Waals surface area (Å²) in [6.07, 6.45) is 6.05. The molecule has 0 aliphatic rings. The second-order valence-electron chi connectivity index (χ2n) is 9.44. The van der Waals surface area contributed by atoms with Crippen molar-refractivity contribution >= 4 is 17.9 Å². The lowest BCUT2D eigenvalue weighted by molar-refractivity contribution is 0.0734. The average Bonchev–Trinajstić information content (AvgIpc) is 2.97. The molecule has 0 fully saturated rings. The van der Waals surface area contributed by atoms with Gasteiger partial charge in [-0.05, 0) is 78.6 Å². The fourth-order valence-corrected chi connectivity index (χ4v) is 4.18. The van der Waals surface area contributed by atoms with Gasteiger partial charge in [-0.25, -0.2) is 4.79 Å². The Morgan fingerprint density at radius 2 is 1.62 bits per heavy atom. The van der Waals surface area contributed by atoms with Crippen LogP contribution in [0.15, 0.2) is 89.9 Å². The Bertz CT molecular complexity index is 1520. The van der Waals surface area contributed by atoms with Crippen molar-refractivity contribution in [1.82, 2.24) is 0 Å². The second-order valence-corrected chi connectivity index (χ2v) is 9.44. The van der Waals surface area contributed by atoms with Gasteiger partial charge in [-0.1, -0.05) is 56.5 Å². The van der Waals surface area contributed by atoms with E-state index in [1.807, 2.05) is 37.3 Å². The molecule has 40 heavy (non-hydrogen) atoms. The van der Waals surface area contributed by atoms with E-state index in [1.165, 1.54) is 12.8 Å². The van der Waals surface area contributed by atoms with Crippen LogP contribution in [0.1, 0.15) is 59.7 Å². The number of carbonyl (C=O) groups is 1. The molecule has 4 rings (SSSR count). The molecule has 0 saturated carbocycles. The number of benzene rings is 4. The summed E-state index contributed by atoms with van der Waals surface area (Å²) in [4.78, 5) is 17.5. The molecule has 0 aliphatic heterocycles. The molecule has 0 bridgehead atoms. The predicted molar refractivity (Wildman–Crippen MR) is 158 cm³/mol. The molecule has 0 aromatic heterocycles. The minimum Gasteiger partial charge on any atom is -0.507 e. The molecule has 0 heterocycles. The minimum atomic E-state index is -0.482. The van der Waals surface area contributed by atoms with Gasteiger partial charge in [0.05, 0.1) is 29.5 Å². The molecular formula is C34H32N2O4. The zero-order valence-corrected chi connectivity index (χ0v) is 22.8. The van der Waals surface area contributed by atoms with E-state index >= 15 is 0 Å². The summed E-state index contributed by atoms with van der Waals surface area (Å²) in [5.74, 6) is 0.640. The average molecular weight is 533 g/mol. The largest absolute Gasteiger partial charge is 0.507 e. The van der Waals surface area contributed by atoms with Gasteiger partial charge in [0.15, 0.2) is 0 Å². The monoisotopic (exact) mass is 532 g/mol. The molecule has 6 nitrogen and oxygen atoms in total. The number of carbonyl (C=O) groups excluding carboxylic acids is 1. The SMILES string of the molecule is CCCCCCOc1ccc(C=Nc2cccc(C(=O)Oc3ccc(-c4ccc(C#N)cc4)cc3)c2C)c(O)c1. The van der Waals surface area contributed by atoms with E-state index in [2.05, 4.69) is 18.0 Å². The van der Waals surface area contributed by atoms with Gasteiger partial charge < -0.3 is 14.6 Å². The van der Waals surface area contributed by atoms with Gasteiger partial charge in [0.1, 0.15) is 17.2 Å². The van der Waals surface area contributed by atoms with E-state index < -0.39 is 5.97 Å². The highest BCUT2D eigenvalue weighted by Gasteiger charge is 2.14. The summed E-state index contributed by atoms with van der Waals surface area (Å²) in [5, 5.41) is 19.4. The number of phenolic OH excluding ortho intramolecular Hbond substituents is 1. The Morgan fingerprint density at radius 1 is 0.925 bits per heavy atom. The van der Waals surface area contributed by atoms with Crippen LogP contribution >= 0.6 is 0 Å². The maximum Gasteiger partial charge on any atom is 0.343 e. The lowest BCUT2D eigenvalue weighted by Crippen LogP contribution is -2.10. The van der Waals surface area contributed by atoms with Crippen LogP contribution in [0.4, 0.5) is 5.69 Å². The van der Waals surface area contributed by atoms with Crippen LogP contribution in [-0.2, 0) is 0 Å². The predicted octanol–water partition coefficient (Wildman–Crippen LogP) is 8.17. The van der Waals surface area contributed by atoms with E-state index in [0.29, 0.717) is 46.0 Å². The van der Waals surface area contributed by atoms with Crippen molar-refractivity contribution in [3.8, 4) is 34.4 Å². The third-order valence-corrected chi connectivity index (χ3v) is 6.55. The Morgan fingerprint density at radius 3 is 2.30 bits per heavy atom. The number of nitriles is 1. The van der Waals surface area contributed by atoms with Crippen molar-refractivity contribution in [1.29, 1.82) is 5.26 Å². The zero-order chi connectivity index (χ0) is 28.3. The molecule has 0 amide bonds. The van der Waals surface area contributed by atoms with Crippen molar-refractivity contribution in [3.05, 3.63) is 107 Å². The van der Waals surface area contributed by atoms with Gasteiger partial charge in [-0.2, -0.15) is 5.26 Å². The van der Waals surface area contributed by atoms with E-state index in [4.69, 9.17) is 14.7 Å². The number of unbranched alkanes of at least 4 members (excludes halogenated alkanes) is 3. The molecule has 4 aromatic rings. The maximum absolute atomic E-state index is 13.0. The Balaban J connectivity index is 1.40. The molecular weight excluding hydrogens is 500 g/mol. The number of esters is 1. The first-order chi connectivity index (χ1) is 19.5. The fourth-order valence-electron chi connectivity index (χ4n) is 4.18. The highest BCUT2D eigenvalue weighted by Crippen LogP contribution is 2.27. The quantitative estimate of drug-likeness (QED) is 0.0910. The third-order valence-electron chi connectivity index (χ3n) is 6.55. The Hall–Kier alpha value is -4.89. The Labute approximate surface area is 235 Å². The van der Waals surface area contributed by atoms with Gasteiger partial charge in [-0.3, -0.25) is 4.99 Å². The summed E-state index contributed by atoms with van der Waals surface area (Å²) in [6.45, 7) is 4.60. The van der Waals surface area contributed by atoms with Gasteiger partial charge in [0.25, 0.3) is 0 Å². The number of phenols is 1. The number of hydrogen-bond acceptors (Lipinski definition) is 6. The smallest absolute Gasteiger partial charge is 0.343 e. The van der Waals surface area contributed by atoms with Crippen LogP contribution < -0.4 is 9.47 Å². The summed E-state index contributed by atoms with van der Waals surface area (Å²) >= 11 is 0. The van der Waals surface area contributed by atoms with E-state index in [-0.39, 0.29) is 5.75 Å². The van der Waals surface area contributed by atoms with Crippen molar-refractivity contribution in [2.24, 2.45) is 4.99 Å². The van der Waals surface area contributed by atoms with Crippen LogP contribution in [0.25, 0.3) is 11.1 Å². The van der Waals surface area contributed by atoms with Crippen LogP contribution in [0.5, 0.6) is 17.2 Å². The molecule has 4 aromatic carbocycles. The summed E-state index contributed by atoms with van der Waals surface area (Å²) in [7, 11) is 0. The molecule has 0 radical (unpaired) electrons. The van der Waals surface area contributed by atoms with Crippen molar-refractivity contribution in [3.63, 3.8) is 0 Å². The highest BCUT2D eigenvalue weighted by molar-refractivity contribution is 5.95. The van der Waals surface area contributed by atoms with E-state index in [9.17, 15) is 9.90 Å². The first-order valence-corrected chi connectivity index (χ1v) is 13.4. The standard InChI is InChI=1S/C34H32N2O4/c1-3-4-5-6-20-39-30-19-16-28(33(37)21-30)23-36-32-9-7-8-31(24(32)2)34(38)40-29-17-14-27(15-18-29)26-12-10-25(22-35)11-13-26/h7-19,21,23,37H,3-6,20H2,1-2H3. The molecule has 0 atom stereocenters. The minimum absolute atomic E-state index is 0.0764. The summed E-state index contributed by atoms with van der Waals surface area (Å²) in [5.41, 5.74) is 4.74. The highest BCUT2D eigenvalue weighted by atomic mass is 16.5. The fraction of sp³-hybridized carbons (Fsp3) is 0.206. The zero-order valence-electron chi connectivity index (χ0n) is 22.8. The van der Waals surface area contributed by atoms with Crippen LogP contribution in [-0.4, -0.2) is 23.9 Å². The number of ether oxygens (including phenoxy) is 2. The first kappa shape index (κ1) is 28.1. The Kier molecular flexibility index (Phi) is 9.68.